The van der Waals surface area contributed by atoms with Gasteiger partial charge in [0.15, 0.2) is 5.82 Å². The van der Waals surface area contributed by atoms with E-state index in [2.05, 4.69) is 20.2 Å². The van der Waals surface area contributed by atoms with Crippen LogP contribution in [0.4, 0.5) is 4.39 Å². The maximum atomic E-state index is 13.1. The van der Waals surface area contributed by atoms with Crippen LogP contribution in [0, 0.1) is 12.7 Å². The Bertz CT molecular complexity index is 1180. The van der Waals surface area contributed by atoms with Crippen molar-refractivity contribution in [2.75, 3.05) is 7.11 Å². The van der Waals surface area contributed by atoms with E-state index in [0.717, 1.165) is 34.1 Å². The molecular weight excluding hydrogens is 381 g/mol. The number of halogens is 1. The van der Waals surface area contributed by atoms with E-state index in [1.165, 1.54) is 12.1 Å². The Balaban J connectivity index is 1.52. The van der Waals surface area contributed by atoms with Crippen LogP contribution in [0.5, 0.6) is 5.75 Å². The molecular formula is C23H22FN5O. The van der Waals surface area contributed by atoms with Crippen LogP contribution >= 0.6 is 0 Å². The molecule has 30 heavy (non-hydrogen) atoms. The van der Waals surface area contributed by atoms with E-state index >= 15 is 0 Å². The lowest BCUT2D eigenvalue weighted by Crippen LogP contribution is -1.98. The molecule has 4 rings (SSSR count). The molecule has 2 aromatic carbocycles. The summed E-state index contributed by atoms with van der Waals surface area (Å²) in [6.45, 7) is 3.95. The zero-order valence-electron chi connectivity index (χ0n) is 17.0. The summed E-state index contributed by atoms with van der Waals surface area (Å²) >= 11 is 0. The van der Waals surface area contributed by atoms with E-state index in [9.17, 15) is 4.39 Å². The van der Waals surface area contributed by atoms with Gasteiger partial charge in [-0.3, -0.25) is 5.10 Å². The van der Waals surface area contributed by atoms with Crippen molar-refractivity contribution >= 4 is 12.2 Å². The van der Waals surface area contributed by atoms with Gasteiger partial charge in [0.1, 0.15) is 17.4 Å². The Labute approximate surface area is 174 Å². The average molecular weight is 403 g/mol. The number of H-pyrrole nitrogens is 1. The second kappa shape index (κ2) is 8.32. The Morgan fingerprint density at radius 1 is 1.13 bits per heavy atom. The van der Waals surface area contributed by atoms with Gasteiger partial charge in [0.25, 0.3) is 0 Å². The van der Waals surface area contributed by atoms with Crippen LogP contribution in [0.25, 0.3) is 17.8 Å². The van der Waals surface area contributed by atoms with Crippen LogP contribution in [-0.4, -0.2) is 31.8 Å². The van der Waals surface area contributed by atoms with Crippen LogP contribution in [-0.2, 0) is 0 Å². The SMILES string of the molecule is COc1cc(/C=C/c2n[nH]c(C(C)c3ccc(F)cc3)n2)ccc1-n1cnc(C)c1. The average Bonchev–Trinajstić information content (AvgIpc) is 3.41. The Kier molecular flexibility index (Phi) is 5.43. The van der Waals surface area contributed by atoms with Gasteiger partial charge in [0.05, 0.1) is 24.8 Å². The molecule has 0 saturated carbocycles. The lowest BCUT2D eigenvalue weighted by molar-refractivity contribution is 0.413. The highest BCUT2D eigenvalue weighted by atomic mass is 19.1. The van der Waals surface area contributed by atoms with Gasteiger partial charge in [0.2, 0.25) is 0 Å². The number of hydrogen-bond donors (Lipinski definition) is 1. The van der Waals surface area contributed by atoms with Gasteiger partial charge in [-0.15, -0.1) is 0 Å². The van der Waals surface area contributed by atoms with Crippen molar-refractivity contribution in [2.45, 2.75) is 19.8 Å². The van der Waals surface area contributed by atoms with Crippen molar-refractivity contribution in [3.05, 3.63) is 89.3 Å². The first-order chi connectivity index (χ1) is 14.5. The minimum Gasteiger partial charge on any atom is -0.495 e. The first-order valence-electron chi connectivity index (χ1n) is 9.58. The fraction of sp³-hybridized carbons (Fsp3) is 0.174. The first-order valence-corrected chi connectivity index (χ1v) is 9.58. The van der Waals surface area contributed by atoms with E-state index in [4.69, 9.17) is 4.74 Å². The molecule has 1 atom stereocenters. The van der Waals surface area contributed by atoms with Crippen molar-refractivity contribution in [3.8, 4) is 11.4 Å². The zero-order chi connectivity index (χ0) is 21.1. The van der Waals surface area contributed by atoms with Gasteiger partial charge in [0, 0.05) is 12.1 Å². The zero-order valence-corrected chi connectivity index (χ0v) is 17.0. The molecule has 0 aliphatic rings. The molecule has 0 saturated heterocycles. The summed E-state index contributed by atoms with van der Waals surface area (Å²) in [5, 5.41) is 7.23. The highest BCUT2D eigenvalue weighted by molar-refractivity contribution is 5.69. The Morgan fingerprint density at radius 2 is 1.93 bits per heavy atom. The molecule has 1 N–H and O–H groups in total. The van der Waals surface area contributed by atoms with Crippen LogP contribution in [0.3, 0.4) is 0 Å². The van der Waals surface area contributed by atoms with E-state index in [0.29, 0.717) is 5.82 Å². The number of ether oxygens (including phenoxy) is 1. The third kappa shape index (κ3) is 4.15. The molecule has 2 heterocycles. The number of aryl methyl sites for hydroxylation is 1. The maximum Gasteiger partial charge on any atom is 0.173 e. The quantitative estimate of drug-likeness (QED) is 0.504. The summed E-state index contributed by atoms with van der Waals surface area (Å²) in [4.78, 5) is 8.81. The highest BCUT2D eigenvalue weighted by Crippen LogP contribution is 2.26. The number of nitrogens with one attached hydrogen (secondary N) is 1. The van der Waals surface area contributed by atoms with Crippen LogP contribution in [0.2, 0.25) is 0 Å². The summed E-state index contributed by atoms with van der Waals surface area (Å²) in [6, 6.07) is 12.4. The standard InChI is InChI=1S/C23H22FN5O/c1-15-13-29(14-25-15)20-10-4-17(12-21(20)30-3)5-11-22-26-23(28-27-22)16(2)18-6-8-19(24)9-7-18/h4-14,16H,1-3H3,(H,26,27,28)/b11-5+. The second-order valence-corrected chi connectivity index (χ2v) is 7.04. The number of imidazole rings is 1. The van der Waals surface area contributed by atoms with Crippen molar-refractivity contribution in [1.29, 1.82) is 0 Å². The number of methoxy groups -OCH3 is 1. The molecule has 0 spiro atoms. The van der Waals surface area contributed by atoms with E-state index in [1.54, 1.807) is 25.6 Å². The second-order valence-electron chi connectivity index (χ2n) is 7.04. The van der Waals surface area contributed by atoms with E-state index < -0.39 is 0 Å². The molecule has 4 aromatic rings. The number of benzene rings is 2. The molecule has 0 radical (unpaired) electrons. The van der Waals surface area contributed by atoms with Crippen LogP contribution in [0.1, 0.15) is 41.3 Å². The summed E-state index contributed by atoms with van der Waals surface area (Å²) in [7, 11) is 1.65. The molecule has 152 valence electrons. The summed E-state index contributed by atoms with van der Waals surface area (Å²) in [5.74, 6) is 1.78. The lowest BCUT2D eigenvalue weighted by atomic mass is 10.0. The lowest BCUT2D eigenvalue weighted by Gasteiger charge is -2.09. The fourth-order valence-electron chi connectivity index (χ4n) is 3.20. The monoisotopic (exact) mass is 403 g/mol. The Hall–Kier alpha value is -3.74. The van der Waals surface area contributed by atoms with Crippen LogP contribution < -0.4 is 4.74 Å². The van der Waals surface area contributed by atoms with E-state index in [-0.39, 0.29) is 11.7 Å². The first kappa shape index (κ1) is 19.6. The van der Waals surface area contributed by atoms with Gasteiger partial charge < -0.3 is 9.30 Å². The van der Waals surface area contributed by atoms with Crippen molar-refractivity contribution < 1.29 is 9.13 Å². The Morgan fingerprint density at radius 3 is 2.63 bits per heavy atom. The van der Waals surface area contributed by atoms with Crippen molar-refractivity contribution in [3.63, 3.8) is 0 Å². The predicted octanol–water partition coefficient (Wildman–Crippen LogP) is 4.77. The minimum absolute atomic E-state index is 0.0155. The molecule has 0 aliphatic heterocycles. The third-order valence-electron chi connectivity index (χ3n) is 4.92. The normalized spacial score (nSPS) is 12.4. The summed E-state index contributed by atoms with van der Waals surface area (Å²) < 4.78 is 20.6. The molecule has 0 aliphatic carbocycles. The van der Waals surface area contributed by atoms with Gasteiger partial charge in [-0.05, 0) is 48.4 Å². The van der Waals surface area contributed by atoms with E-state index in [1.807, 2.05) is 55.0 Å². The number of aromatic amines is 1. The molecule has 0 fully saturated rings. The highest BCUT2D eigenvalue weighted by Gasteiger charge is 2.13. The smallest absolute Gasteiger partial charge is 0.173 e. The third-order valence-corrected chi connectivity index (χ3v) is 4.92. The minimum atomic E-state index is -0.253. The molecule has 0 bridgehead atoms. The van der Waals surface area contributed by atoms with Crippen molar-refractivity contribution in [1.82, 2.24) is 24.7 Å². The van der Waals surface area contributed by atoms with Crippen molar-refractivity contribution in [2.24, 2.45) is 0 Å². The summed E-state index contributed by atoms with van der Waals surface area (Å²) in [6.07, 6.45) is 7.49. The van der Waals surface area contributed by atoms with Crippen LogP contribution in [0.15, 0.2) is 55.0 Å². The molecule has 1 unspecified atom stereocenters. The van der Waals surface area contributed by atoms with Gasteiger partial charge >= 0.3 is 0 Å². The molecule has 6 nitrogen and oxygen atoms in total. The molecule has 0 amide bonds. The summed E-state index contributed by atoms with van der Waals surface area (Å²) in [5.41, 5.74) is 3.79. The maximum absolute atomic E-state index is 13.1. The molecule has 2 aromatic heterocycles. The fourth-order valence-corrected chi connectivity index (χ4v) is 3.20. The largest absolute Gasteiger partial charge is 0.495 e. The molecule has 7 heteroatoms. The van der Waals surface area contributed by atoms with Gasteiger partial charge in [-0.1, -0.05) is 31.2 Å². The predicted molar refractivity (Wildman–Crippen MR) is 114 cm³/mol. The van der Waals surface area contributed by atoms with Gasteiger partial charge in [-0.25, -0.2) is 14.4 Å². The number of rotatable bonds is 6. The van der Waals surface area contributed by atoms with Gasteiger partial charge in [-0.2, -0.15) is 5.10 Å². The number of hydrogen-bond acceptors (Lipinski definition) is 4. The number of nitrogens with zero attached hydrogens (tertiary/aromatic N) is 4. The topological polar surface area (TPSA) is 68.6 Å². The number of aromatic nitrogens is 5.